The van der Waals surface area contributed by atoms with Crippen molar-refractivity contribution in [3.63, 3.8) is 0 Å². The molecule has 4 heteroatoms. The molecule has 1 aromatic carbocycles. The van der Waals surface area contributed by atoms with E-state index >= 15 is 0 Å². The highest BCUT2D eigenvalue weighted by atomic mass is 15.2. The molecule has 2 aromatic rings. The highest BCUT2D eigenvalue weighted by molar-refractivity contribution is 5.76. The lowest BCUT2D eigenvalue weighted by Crippen LogP contribution is -2.30. The number of aryl methyl sites for hydroxylation is 1. The van der Waals surface area contributed by atoms with Crippen LogP contribution in [0.4, 0.5) is 5.82 Å². The number of anilines is 1. The zero-order chi connectivity index (χ0) is 13.7. The Hall–Kier alpha value is -1.68. The number of rotatable bonds is 1. The van der Waals surface area contributed by atoms with Gasteiger partial charge in [0.15, 0.2) is 5.82 Å². The van der Waals surface area contributed by atoms with E-state index in [0.717, 1.165) is 41.6 Å². The zero-order valence-corrected chi connectivity index (χ0v) is 11.8. The van der Waals surface area contributed by atoms with Gasteiger partial charge in [-0.05, 0) is 43.7 Å². The number of hydrogen-bond donors (Lipinski definition) is 1. The molecule has 1 aliphatic heterocycles. The standard InChI is InChI=1S/C16H20N4/c1-10-16(19-15-5-3-2-4-14(15)18-10)20-8-11-6-7-13(17)12(11)9-20/h2-5,11-13H,6-9,17H2,1H3. The van der Waals surface area contributed by atoms with Gasteiger partial charge in [-0.25, -0.2) is 9.97 Å². The molecule has 1 aliphatic carbocycles. The summed E-state index contributed by atoms with van der Waals surface area (Å²) < 4.78 is 0. The Labute approximate surface area is 119 Å². The van der Waals surface area contributed by atoms with Crippen LogP contribution in [0.5, 0.6) is 0 Å². The van der Waals surface area contributed by atoms with Crippen molar-refractivity contribution in [3.8, 4) is 0 Å². The highest BCUT2D eigenvalue weighted by Crippen LogP contribution is 2.39. The van der Waals surface area contributed by atoms with Crippen molar-refractivity contribution in [1.29, 1.82) is 0 Å². The third-order valence-electron chi connectivity index (χ3n) is 4.93. The smallest absolute Gasteiger partial charge is 0.150 e. The van der Waals surface area contributed by atoms with E-state index in [2.05, 4.69) is 11.8 Å². The predicted molar refractivity (Wildman–Crippen MR) is 80.7 cm³/mol. The van der Waals surface area contributed by atoms with Crippen LogP contribution in [-0.4, -0.2) is 29.1 Å². The summed E-state index contributed by atoms with van der Waals surface area (Å²) >= 11 is 0. The average molecular weight is 268 g/mol. The largest absolute Gasteiger partial charge is 0.354 e. The first-order valence-corrected chi connectivity index (χ1v) is 7.46. The normalized spacial score (nSPS) is 29.1. The van der Waals surface area contributed by atoms with E-state index < -0.39 is 0 Å². The summed E-state index contributed by atoms with van der Waals surface area (Å²) in [4.78, 5) is 11.9. The Morgan fingerprint density at radius 3 is 2.60 bits per heavy atom. The molecule has 3 unspecified atom stereocenters. The molecular formula is C16H20N4. The molecule has 0 amide bonds. The minimum atomic E-state index is 0.374. The molecule has 20 heavy (non-hydrogen) atoms. The number of benzene rings is 1. The number of para-hydroxylation sites is 2. The molecule has 1 saturated heterocycles. The molecule has 1 saturated carbocycles. The summed E-state index contributed by atoms with van der Waals surface area (Å²) in [5.74, 6) is 2.44. The second kappa shape index (κ2) is 4.42. The maximum absolute atomic E-state index is 6.23. The maximum Gasteiger partial charge on any atom is 0.150 e. The van der Waals surface area contributed by atoms with E-state index in [0.29, 0.717) is 12.0 Å². The molecule has 2 N–H and O–H groups in total. The lowest BCUT2D eigenvalue weighted by molar-refractivity contribution is 0.453. The first-order valence-electron chi connectivity index (χ1n) is 7.46. The SMILES string of the molecule is Cc1nc2ccccc2nc1N1CC2CCC(N)C2C1. The number of fused-ring (bicyclic) bond motifs is 2. The summed E-state index contributed by atoms with van der Waals surface area (Å²) in [5, 5.41) is 0. The van der Waals surface area contributed by atoms with Gasteiger partial charge in [-0.1, -0.05) is 12.1 Å². The van der Waals surface area contributed by atoms with Crippen LogP contribution in [-0.2, 0) is 0 Å². The van der Waals surface area contributed by atoms with Gasteiger partial charge in [0.05, 0.1) is 16.7 Å². The van der Waals surface area contributed by atoms with Crippen LogP contribution < -0.4 is 10.6 Å². The first kappa shape index (κ1) is 12.1. The van der Waals surface area contributed by atoms with Gasteiger partial charge in [0.25, 0.3) is 0 Å². The fourth-order valence-corrected chi connectivity index (χ4v) is 3.86. The van der Waals surface area contributed by atoms with Crippen LogP contribution in [0, 0.1) is 18.8 Å². The van der Waals surface area contributed by atoms with E-state index in [1.54, 1.807) is 0 Å². The van der Waals surface area contributed by atoms with Gasteiger partial charge in [-0.15, -0.1) is 0 Å². The second-order valence-electron chi connectivity index (χ2n) is 6.19. The molecular weight excluding hydrogens is 248 g/mol. The maximum atomic E-state index is 6.23. The fraction of sp³-hybridized carbons (Fsp3) is 0.500. The number of hydrogen-bond acceptors (Lipinski definition) is 4. The summed E-state index contributed by atoms with van der Waals surface area (Å²) in [6.07, 6.45) is 2.45. The van der Waals surface area contributed by atoms with Crippen molar-refractivity contribution >= 4 is 16.9 Å². The van der Waals surface area contributed by atoms with E-state index in [1.165, 1.54) is 12.8 Å². The van der Waals surface area contributed by atoms with Gasteiger partial charge < -0.3 is 10.6 Å². The van der Waals surface area contributed by atoms with Crippen molar-refractivity contribution in [3.05, 3.63) is 30.0 Å². The topological polar surface area (TPSA) is 55.0 Å². The fourth-order valence-electron chi connectivity index (χ4n) is 3.86. The minimum Gasteiger partial charge on any atom is -0.354 e. The van der Waals surface area contributed by atoms with Crippen LogP contribution in [0.1, 0.15) is 18.5 Å². The van der Waals surface area contributed by atoms with Crippen LogP contribution in [0.15, 0.2) is 24.3 Å². The Bertz CT molecular complexity index is 654. The van der Waals surface area contributed by atoms with Crippen molar-refractivity contribution in [1.82, 2.24) is 9.97 Å². The van der Waals surface area contributed by atoms with Gasteiger partial charge in [0.2, 0.25) is 0 Å². The van der Waals surface area contributed by atoms with Gasteiger partial charge in [0.1, 0.15) is 0 Å². The summed E-state index contributed by atoms with van der Waals surface area (Å²) in [5.41, 5.74) is 9.21. The molecule has 0 radical (unpaired) electrons. The van der Waals surface area contributed by atoms with Gasteiger partial charge >= 0.3 is 0 Å². The Morgan fingerprint density at radius 1 is 1.10 bits per heavy atom. The quantitative estimate of drug-likeness (QED) is 0.860. The minimum absolute atomic E-state index is 0.374. The molecule has 2 fully saturated rings. The van der Waals surface area contributed by atoms with Crippen LogP contribution in [0.2, 0.25) is 0 Å². The third kappa shape index (κ3) is 1.79. The number of nitrogens with two attached hydrogens (primary N) is 1. The monoisotopic (exact) mass is 268 g/mol. The third-order valence-corrected chi connectivity index (χ3v) is 4.93. The molecule has 2 aliphatic rings. The van der Waals surface area contributed by atoms with Crippen LogP contribution in [0.25, 0.3) is 11.0 Å². The van der Waals surface area contributed by atoms with Crippen LogP contribution in [0.3, 0.4) is 0 Å². The van der Waals surface area contributed by atoms with Crippen molar-refractivity contribution < 1.29 is 0 Å². The van der Waals surface area contributed by atoms with Gasteiger partial charge in [0, 0.05) is 19.1 Å². The molecule has 4 rings (SSSR count). The first-order chi connectivity index (χ1) is 9.72. The summed E-state index contributed by atoms with van der Waals surface area (Å²) in [7, 11) is 0. The summed E-state index contributed by atoms with van der Waals surface area (Å²) in [6.45, 7) is 4.19. The Balaban J connectivity index is 1.71. The Kier molecular flexibility index (Phi) is 2.67. The lowest BCUT2D eigenvalue weighted by Gasteiger charge is -2.21. The van der Waals surface area contributed by atoms with Crippen LogP contribution >= 0.6 is 0 Å². The Morgan fingerprint density at radius 2 is 1.85 bits per heavy atom. The number of nitrogens with zero attached hydrogens (tertiary/aromatic N) is 3. The molecule has 104 valence electrons. The molecule has 4 nitrogen and oxygen atoms in total. The van der Waals surface area contributed by atoms with Gasteiger partial charge in [-0.3, -0.25) is 0 Å². The van der Waals surface area contributed by atoms with Crippen molar-refractivity contribution in [2.45, 2.75) is 25.8 Å². The average Bonchev–Trinajstić information content (AvgIpc) is 3.01. The van der Waals surface area contributed by atoms with E-state index in [9.17, 15) is 0 Å². The van der Waals surface area contributed by atoms with Crippen molar-refractivity contribution in [2.75, 3.05) is 18.0 Å². The zero-order valence-electron chi connectivity index (χ0n) is 11.8. The van der Waals surface area contributed by atoms with Crippen molar-refractivity contribution in [2.24, 2.45) is 17.6 Å². The van der Waals surface area contributed by atoms with E-state index in [1.807, 2.05) is 24.3 Å². The highest BCUT2D eigenvalue weighted by Gasteiger charge is 2.41. The molecule has 2 heterocycles. The van der Waals surface area contributed by atoms with Gasteiger partial charge in [-0.2, -0.15) is 0 Å². The molecule has 0 spiro atoms. The summed E-state index contributed by atoms with van der Waals surface area (Å²) in [6, 6.07) is 8.46. The van der Waals surface area contributed by atoms with E-state index in [4.69, 9.17) is 15.7 Å². The number of aromatic nitrogens is 2. The molecule has 3 atom stereocenters. The lowest BCUT2D eigenvalue weighted by atomic mass is 9.98. The molecule has 0 bridgehead atoms. The molecule has 1 aromatic heterocycles. The van der Waals surface area contributed by atoms with E-state index in [-0.39, 0.29) is 0 Å². The second-order valence-corrected chi connectivity index (χ2v) is 6.19. The predicted octanol–water partition coefficient (Wildman–Crippen LogP) is 2.11.